The lowest BCUT2D eigenvalue weighted by molar-refractivity contribution is -0.111. The monoisotopic (exact) mass is 467 g/mol. The van der Waals surface area contributed by atoms with Gasteiger partial charge in [0.2, 0.25) is 10.0 Å². The highest BCUT2D eigenvalue weighted by atomic mass is 32.2. The van der Waals surface area contributed by atoms with E-state index in [1.54, 1.807) is 12.1 Å². The van der Waals surface area contributed by atoms with Gasteiger partial charge in [-0.25, -0.2) is 13.6 Å². The summed E-state index contributed by atoms with van der Waals surface area (Å²) in [5, 5.41) is 5.29. The maximum Gasteiger partial charge on any atom is 0.238 e. The summed E-state index contributed by atoms with van der Waals surface area (Å²) in [6.07, 6.45) is 2.21. The fraction of sp³-hybridized carbons (Fsp3) is 0.269. The molecule has 3 aromatic carbocycles. The second-order valence-corrected chi connectivity index (χ2v) is 11.6. The fourth-order valence-corrected chi connectivity index (χ4v) is 4.72. The number of nitrogens with two attached hydrogens (primary N) is 1. The standard InChI is InChI=1S/C26H29NO3S2/c1-26(2,3)22-14-10-19(11-15-22)6-4-9-25(28)31-23-8-5-7-21(18-23)20-12-16-24(17-13-20)32(27,29)30/h5,7-8,10-18H,4,6,9H2,1-3H3,(H2,27,29,30). The van der Waals surface area contributed by atoms with Gasteiger partial charge in [-0.15, -0.1) is 0 Å². The minimum atomic E-state index is -3.71. The molecule has 6 heteroatoms. The van der Waals surface area contributed by atoms with Gasteiger partial charge < -0.3 is 0 Å². The van der Waals surface area contributed by atoms with Crippen molar-refractivity contribution in [3.63, 3.8) is 0 Å². The van der Waals surface area contributed by atoms with Crippen LogP contribution >= 0.6 is 11.8 Å². The summed E-state index contributed by atoms with van der Waals surface area (Å²) in [6.45, 7) is 6.60. The summed E-state index contributed by atoms with van der Waals surface area (Å²) in [6, 6.07) is 22.8. The molecule has 0 heterocycles. The predicted molar refractivity (Wildman–Crippen MR) is 132 cm³/mol. The third kappa shape index (κ3) is 6.79. The molecule has 0 aliphatic heterocycles. The van der Waals surface area contributed by atoms with E-state index in [2.05, 4.69) is 45.0 Å². The van der Waals surface area contributed by atoms with Gasteiger partial charge >= 0.3 is 0 Å². The SMILES string of the molecule is CC(C)(C)c1ccc(CCCC(=O)Sc2cccc(-c3ccc(S(N)(=O)=O)cc3)c2)cc1. The van der Waals surface area contributed by atoms with E-state index in [9.17, 15) is 13.2 Å². The number of aryl methyl sites for hydroxylation is 1. The molecule has 0 bridgehead atoms. The first kappa shape index (κ1) is 24.2. The number of carbonyl (C=O) groups is 1. The number of sulfonamides is 1. The molecule has 0 saturated heterocycles. The number of rotatable bonds is 7. The molecule has 0 radical (unpaired) electrons. The zero-order valence-electron chi connectivity index (χ0n) is 18.7. The molecule has 4 nitrogen and oxygen atoms in total. The molecule has 3 rings (SSSR count). The summed E-state index contributed by atoms with van der Waals surface area (Å²) in [5.74, 6) is 0. The first-order valence-electron chi connectivity index (χ1n) is 10.6. The van der Waals surface area contributed by atoms with Crippen molar-refractivity contribution in [2.75, 3.05) is 0 Å². The molecule has 0 unspecified atom stereocenters. The number of hydrogen-bond acceptors (Lipinski definition) is 4. The van der Waals surface area contributed by atoms with Crippen molar-refractivity contribution in [3.8, 4) is 11.1 Å². The van der Waals surface area contributed by atoms with Crippen molar-refractivity contribution in [2.45, 2.75) is 55.2 Å². The van der Waals surface area contributed by atoms with Crippen LogP contribution in [0.1, 0.15) is 44.7 Å². The lowest BCUT2D eigenvalue weighted by atomic mass is 9.86. The minimum Gasteiger partial charge on any atom is -0.287 e. The Hall–Kier alpha value is -2.41. The second kappa shape index (κ2) is 10.0. The van der Waals surface area contributed by atoms with Gasteiger partial charge in [0.15, 0.2) is 5.12 Å². The maximum absolute atomic E-state index is 12.5. The van der Waals surface area contributed by atoms with Crippen molar-refractivity contribution in [2.24, 2.45) is 5.14 Å². The molecule has 0 aliphatic rings. The molecule has 168 valence electrons. The van der Waals surface area contributed by atoms with E-state index in [1.165, 1.54) is 35.0 Å². The third-order valence-electron chi connectivity index (χ3n) is 5.25. The van der Waals surface area contributed by atoms with E-state index >= 15 is 0 Å². The first-order valence-corrected chi connectivity index (χ1v) is 12.9. The lowest BCUT2D eigenvalue weighted by Gasteiger charge is -2.19. The maximum atomic E-state index is 12.5. The molecule has 0 amide bonds. The van der Waals surface area contributed by atoms with Crippen molar-refractivity contribution in [1.82, 2.24) is 0 Å². The van der Waals surface area contributed by atoms with E-state index in [-0.39, 0.29) is 15.4 Å². The summed E-state index contributed by atoms with van der Waals surface area (Å²) < 4.78 is 22.8. The van der Waals surface area contributed by atoms with Crippen LogP contribution in [0.3, 0.4) is 0 Å². The van der Waals surface area contributed by atoms with Crippen LogP contribution in [0.25, 0.3) is 11.1 Å². The van der Waals surface area contributed by atoms with Gasteiger partial charge in [0.25, 0.3) is 0 Å². The number of benzene rings is 3. The molecule has 3 aromatic rings. The highest BCUT2D eigenvalue weighted by molar-refractivity contribution is 8.13. The van der Waals surface area contributed by atoms with Gasteiger partial charge in [-0.3, -0.25) is 4.79 Å². The van der Waals surface area contributed by atoms with Crippen molar-refractivity contribution < 1.29 is 13.2 Å². The highest BCUT2D eigenvalue weighted by Gasteiger charge is 2.13. The van der Waals surface area contributed by atoms with Crippen molar-refractivity contribution >= 4 is 26.9 Å². The molecule has 0 fully saturated rings. The lowest BCUT2D eigenvalue weighted by Crippen LogP contribution is -2.11. The zero-order chi connectivity index (χ0) is 23.4. The zero-order valence-corrected chi connectivity index (χ0v) is 20.3. The average Bonchev–Trinajstić information content (AvgIpc) is 2.73. The third-order valence-corrected chi connectivity index (χ3v) is 7.10. The fourth-order valence-electron chi connectivity index (χ4n) is 3.37. The Morgan fingerprint density at radius 2 is 1.56 bits per heavy atom. The van der Waals surface area contributed by atoms with Gasteiger partial charge in [0.05, 0.1) is 4.90 Å². The number of hydrogen-bond donors (Lipinski definition) is 1. The van der Waals surface area contributed by atoms with Gasteiger partial charge in [-0.1, -0.05) is 81.1 Å². The Bertz CT molecular complexity index is 1180. The second-order valence-electron chi connectivity index (χ2n) is 8.87. The van der Waals surface area contributed by atoms with E-state index in [1.807, 2.05) is 24.3 Å². The van der Waals surface area contributed by atoms with E-state index in [4.69, 9.17) is 5.14 Å². The topological polar surface area (TPSA) is 77.2 Å². The molecule has 32 heavy (non-hydrogen) atoms. The van der Waals surface area contributed by atoms with Gasteiger partial charge in [-0.05, 0) is 64.8 Å². The molecule has 0 aromatic heterocycles. The smallest absolute Gasteiger partial charge is 0.238 e. The van der Waals surface area contributed by atoms with Crippen LogP contribution in [0.15, 0.2) is 82.6 Å². The molecule has 0 spiro atoms. The summed E-state index contributed by atoms with van der Waals surface area (Å²) in [5.41, 5.74) is 4.49. The van der Waals surface area contributed by atoms with Crippen molar-refractivity contribution in [3.05, 3.63) is 83.9 Å². The molecule has 2 N–H and O–H groups in total. The van der Waals surface area contributed by atoms with Crippen LogP contribution in [-0.2, 0) is 26.7 Å². The molecule has 0 saturated carbocycles. The van der Waals surface area contributed by atoms with E-state index in [0.717, 1.165) is 28.9 Å². The Labute approximate surface area is 195 Å². The van der Waals surface area contributed by atoms with Crippen LogP contribution < -0.4 is 5.14 Å². The normalized spacial score (nSPS) is 12.0. The molecule has 0 atom stereocenters. The summed E-state index contributed by atoms with van der Waals surface area (Å²) >= 11 is 1.25. The predicted octanol–water partition coefficient (Wildman–Crippen LogP) is 5.94. The summed E-state index contributed by atoms with van der Waals surface area (Å²) in [7, 11) is -3.71. The summed E-state index contributed by atoms with van der Waals surface area (Å²) in [4.78, 5) is 13.4. The Morgan fingerprint density at radius 3 is 2.16 bits per heavy atom. The van der Waals surface area contributed by atoms with Gasteiger partial charge in [-0.2, -0.15) is 0 Å². The quantitative estimate of drug-likeness (QED) is 0.436. The molecular weight excluding hydrogens is 438 g/mol. The van der Waals surface area contributed by atoms with Crippen LogP contribution in [-0.4, -0.2) is 13.5 Å². The Balaban J connectivity index is 1.55. The van der Waals surface area contributed by atoms with E-state index in [0.29, 0.717) is 6.42 Å². The van der Waals surface area contributed by atoms with Gasteiger partial charge in [0, 0.05) is 11.3 Å². The van der Waals surface area contributed by atoms with E-state index < -0.39 is 10.0 Å². The average molecular weight is 468 g/mol. The van der Waals surface area contributed by atoms with Crippen molar-refractivity contribution in [1.29, 1.82) is 0 Å². The first-order chi connectivity index (χ1) is 15.0. The Kier molecular flexibility index (Phi) is 7.59. The van der Waals surface area contributed by atoms with Crippen LogP contribution in [0.2, 0.25) is 0 Å². The highest BCUT2D eigenvalue weighted by Crippen LogP contribution is 2.28. The molecular formula is C26H29NO3S2. The molecule has 0 aliphatic carbocycles. The van der Waals surface area contributed by atoms with Crippen LogP contribution in [0.4, 0.5) is 0 Å². The number of thioether (sulfide) groups is 1. The van der Waals surface area contributed by atoms with Gasteiger partial charge in [0.1, 0.15) is 0 Å². The van der Waals surface area contributed by atoms with Crippen LogP contribution in [0.5, 0.6) is 0 Å². The number of primary sulfonamides is 1. The largest absolute Gasteiger partial charge is 0.287 e. The minimum absolute atomic E-state index is 0.0787. The Morgan fingerprint density at radius 1 is 0.906 bits per heavy atom. The van der Waals surface area contributed by atoms with Crippen LogP contribution in [0, 0.1) is 0 Å². The number of carbonyl (C=O) groups excluding carboxylic acids is 1.